The summed E-state index contributed by atoms with van der Waals surface area (Å²) in [6.45, 7) is 1.62. The van der Waals surface area contributed by atoms with Crippen molar-refractivity contribution in [1.29, 1.82) is 0 Å². The summed E-state index contributed by atoms with van der Waals surface area (Å²) in [5.74, 6) is -2.94. The van der Waals surface area contributed by atoms with E-state index in [1.165, 1.54) is 6.07 Å². The van der Waals surface area contributed by atoms with E-state index in [9.17, 15) is 19.5 Å². The summed E-state index contributed by atoms with van der Waals surface area (Å²) in [6.07, 6.45) is 0.859. The molecule has 0 aromatic heterocycles. The number of carbonyl (C=O) groups is 3. The summed E-state index contributed by atoms with van der Waals surface area (Å²) in [4.78, 5) is 34.4. The Labute approximate surface area is 131 Å². The number of halogens is 1. The Morgan fingerprint density at radius 2 is 1.86 bits per heavy atom. The number of anilines is 1. The van der Waals surface area contributed by atoms with Crippen LogP contribution in [0.3, 0.4) is 0 Å². The highest BCUT2D eigenvalue weighted by Gasteiger charge is 2.21. The Morgan fingerprint density at radius 3 is 2.36 bits per heavy atom. The molecule has 8 heteroatoms. The maximum absolute atomic E-state index is 11.7. The molecule has 0 aliphatic carbocycles. The summed E-state index contributed by atoms with van der Waals surface area (Å²) < 4.78 is 8.98. The van der Waals surface area contributed by atoms with Gasteiger partial charge in [-0.05, 0) is 18.6 Å². The largest absolute Gasteiger partial charge is 0.478 e. The third-order valence-electron chi connectivity index (χ3n) is 2.71. The number of aryl methyl sites for hydroxylation is 1. The van der Waals surface area contributed by atoms with Gasteiger partial charge in [-0.25, -0.2) is 14.4 Å². The number of hydrogen-bond acceptors (Lipinski definition) is 6. The first kappa shape index (κ1) is 17.5. The van der Waals surface area contributed by atoms with Crippen LogP contribution in [0, 0.1) is 6.92 Å². The van der Waals surface area contributed by atoms with Crippen LogP contribution in [0.4, 0.5) is 5.69 Å². The van der Waals surface area contributed by atoms with Crippen molar-refractivity contribution in [3.05, 3.63) is 40.1 Å². The number of hydrogen-bond donors (Lipinski definition) is 2. The smallest absolute Gasteiger partial charge is 0.354 e. The molecule has 0 spiro atoms. The van der Waals surface area contributed by atoms with Crippen LogP contribution >= 0.6 is 11.6 Å². The number of carboxylic acid groups (broad SMARTS) is 1. The maximum atomic E-state index is 11.7. The molecule has 22 heavy (non-hydrogen) atoms. The van der Waals surface area contributed by atoms with Crippen LogP contribution in [0.2, 0.25) is 5.02 Å². The van der Waals surface area contributed by atoms with Crippen LogP contribution < -0.4 is 5.32 Å². The number of aromatic carboxylic acids is 1. The Bertz CT molecular complexity index is 653. The molecule has 1 rings (SSSR count). The van der Waals surface area contributed by atoms with Gasteiger partial charge in [-0.15, -0.1) is 0 Å². The predicted molar refractivity (Wildman–Crippen MR) is 78.9 cm³/mol. The minimum Gasteiger partial charge on any atom is -0.478 e. The topological polar surface area (TPSA) is 102 Å². The highest BCUT2D eigenvalue weighted by atomic mass is 35.5. The summed E-state index contributed by atoms with van der Waals surface area (Å²) >= 11 is 5.88. The standard InChI is InChI=1S/C14H14ClNO6/c1-7-4-5-8(15)11(13(18)19)12(7)16-9(14(20)22-3)6-10(17)21-2/h4-6,16H,1-3H3,(H,18,19)/b9-6+. The minimum absolute atomic E-state index is 0.0112. The molecule has 0 aliphatic rings. The molecule has 0 unspecified atom stereocenters. The minimum atomic E-state index is -1.28. The Hall–Kier alpha value is -2.54. The molecule has 7 nitrogen and oxygen atoms in total. The average Bonchev–Trinajstić information content (AvgIpc) is 2.48. The van der Waals surface area contributed by atoms with Gasteiger partial charge in [0.05, 0.1) is 31.0 Å². The quantitative estimate of drug-likeness (QED) is 0.629. The van der Waals surface area contributed by atoms with Gasteiger partial charge in [-0.3, -0.25) is 0 Å². The second-order valence-corrected chi connectivity index (χ2v) is 4.52. The molecule has 0 atom stereocenters. The fourth-order valence-corrected chi connectivity index (χ4v) is 1.86. The third kappa shape index (κ3) is 3.98. The molecule has 0 saturated carbocycles. The van der Waals surface area contributed by atoms with Crippen molar-refractivity contribution in [1.82, 2.24) is 0 Å². The van der Waals surface area contributed by atoms with E-state index in [-0.39, 0.29) is 22.0 Å². The van der Waals surface area contributed by atoms with Crippen LogP contribution in [0.25, 0.3) is 0 Å². The van der Waals surface area contributed by atoms with Crippen molar-refractivity contribution >= 4 is 35.2 Å². The number of esters is 2. The van der Waals surface area contributed by atoms with Gasteiger partial charge in [-0.2, -0.15) is 0 Å². The molecule has 1 aromatic rings. The van der Waals surface area contributed by atoms with E-state index in [0.29, 0.717) is 5.56 Å². The van der Waals surface area contributed by atoms with Crippen LogP contribution in [0.5, 0.6) is 0 Å². The highest BCUT2D eigenvalue weighted by molar-refractivity contribution is 6.34. The van der Waals surface area contributed by atoms with Gasteiger partial charge in [0, 0.05) is 0 Å². The molecule has 1 aromatic carbocycles. The third-order valence-corrected chi connectivity index (χ3v) is 3.02. The number of carboxylic acids is 1. The number of carbonyl (C=O) groups excluding carboxylic acids is 2. The van der Waals surface area contributed by atoms with E-state index in [0.717, 1.165) is 20.3 Å². The molecule has 0 aliphatic heterocycles. The van der Waals surface area contributed by atoms with Crippen molar-refractivity contribution in [2.45, 2.75) is 6.92 Å². The number of nitrogens with one attached hydrogen (secondary N) is 1. The first-order chi connectivity index (χ1) is 10.3. The van der Waals surface area contributed by atoms with Crippen LogP contribution in [-0.2, 0) is 19.1 Å². The molecule has 0 radical (unpaired) electrons. The van der Waals surface area contributed by atoms with Gasteiger partial charge in [0.1, 0.15) is 11.3 Å². The lowest BCUT2D eigenvalue weighted by atomic mass is 10.1. The molecule has 0 bridgehead atoms. The summed E-state index contributed by atoms with van der Waals surface area (Å²) in [5, 5.41) is 11.8. The van der Waals surface area contributed by atoms with Crippen LogP contribution in [0.15, 0.2) is 23.9 Å². The molecule has 0 heterocycles. The Balaban J connectivity index is 3.39. The van der Waals surface area contributed by atoms with Gasteiger partial charge in [0.2, 0.25) is 0 Å². The zero-order valence-electron chi connectivity index (χ0n) is 12.1. The van der Waals surface area contributed by atoms with Gasteiger partial charge in [0.25, 0.3) is 0 Å². The second kappa shape index (κ2) is 7.46. The Kier molecular flexibility index (Phi) is 5.94. The molecule has 2 N–H and O–H groups in total. The maximum Gasteiger partial charge on any atom is 0.354 e. The van der Waals surface area contributed by atoms with E-state index in [1.807, 2.05) is 0 Å². The molecule has 0 fully saturated rings. The lowest BCUT2D eigenvalue weighted by Gasteiger charge is -2.15. The average molecular weight is 328 g/mol. The van der Waals surface area contributed by atoms with Crippen molar-refractivity contribution < 1.29 is 29.0 Å². The van der Waals surface area contributed by atoms with Crippen molar-refractivity contribution in [3.63, 3.8) is 0 Å². The first-order valence-corrected chi connectivity index (χ1v) is 6.37. The fraction of sp³-hybridized carbons (Fsp3) is 0.214. The SMILES string of the molecule is COC(=O)/C=C(/Nc1c(C)ccc(Cl)c1C(=O)O)C(=O)OC. The van der Waals surface area contributed by atoms with Gasteiger partial charge < -0.3 is 19.9 Å². The fourth-order valence-electron chi connectivity index (χ4n) is 1.62. The number of ether oxygens (including phenoxy) is 2. The molecule has 118 valence electrons. The van der Waals surface area contributed by atoms with Crippen molar-refractivity contribution in [2.75, 3.05) is 19.5 Å². The molecule has 0 saturated heterocycles. The normalized spacial score (nSPS) is 10.8. The summed E-state index contributed by atoms with van der Waals surface area (Å²) in [6, 6.07) is 3.00. The summed E-state index contributed by atoms with van der Waals surface area (Å²) in [7, 11) is 2.26. The van der Waals surface area contributed by atoms with Crippen LogP contribution in [0.1, 0.15) is 15.9 Å². The lowest BCUT2D eigenvalue weighted by molar-refractivity contribution is -0.138. The molecule has 0 amide bonds. The first-order valence-electron chi connectivity index (χ1n) is 5.99. The highest BCUT2D eigenvalue weighted by Crippen LogP contribution is 2.29. The van der Waals surface area contributed by atoms with E-state index in [2.05, 4.69) is 14.8 Å². The predicted octanol–water partition coefficient (Wildman–Crippen LogP) is 1.99. The zero-order chi connectivity index (χ0) is 16.9. The van der Waals surface area contributed by atoms with Crippen molar-refractivity contribution in [3.8, 4) is 0 Å². The Morgan fingerprint density at radius 1 is 1.23 bits per heavy atom. The number of rotatable bonds is 5. The van der Waals surface area contributed by atoms with Gasteiger partial charge in [0.15, 0.2) is 0 Å². The van der Waals surface area contributed by atoms with E-state index >= 15 is 0 Å². The van der Waals surface area contributed by atoms with Crippen molar-refractivity contribution in [2.24, 2.45) is 0 Å². The van der Waals surface area contributed by atoms with E-state index in [4.69, 9.17) is 11.6 Å². The number of benzene rings is 1. The van der Waals surface area contributed by atoms with Crippen LogP contribution in [-0.4, -0.2) is 37.2 Å². The second-order valence-electron chi connectivity index (χ2n) is 4.12. The van der Waals surface area contributed by atoms with E-state index < -0.39 is 17.9 Å². The van der Waals surface area contributed by atoms with Gasteiger partial charge >= 0.3 is 17.9 Å². The monoisotopic (exact) mass is 327 g/mol. The van der Waals surface area contributed by atoms with Gasteiger partial charge in [-0.1, -0.05) is 17.7 Å². The molecular weight excluding hydrogens is 314 g/mol. The van der Waals surface area contributed by atoms with E-state index in [1.54, 1.807) is 13.0 Å². The lowest BCUT2D eigenvalue weighted by Crippen LogP contribution is -2.18. The zero-order valence-corrected chi connectivity index (χ0v) is 12.9. The number of methoxy groups -OCH3 is 2. The summed E-state index contributed by atoms with van der Waals surface area (Å²) in [5.41, 5.74) is 0.102. The molecular formula is C14H14ClNO6.